The molecule has 0 spiro atoms. The molecule has 0 amide bonds. The van der Waals surface area contributed by atoms with Crippen molar-refractivity contribution < 1.29 is 41.0 Å². The van der Waals surface area contributed by atoms with Crippen LogP contribution in [-0.2, 0) is 17.1 Å². The Balaban J connectivity index is 3.11. The summed E-state index contributed by atoms with van der Waals surface area (Å²) in [7, 11) is 0. The number of carboxylic acids is 1. The minimum atomic E-state index is -5.01. The monoisotopic (exact) mass is 317 g/mol. The third-order valence-corrected chi connectivity index (χ3v) is 2.31. The maximum atomic E-state index is 12.5. The summed E-state index contributed by atoms with van der Waals surface area (Å²) < 4.78 is 79.7. The Bertz CT molecular complexity index is 493. The Labute approximate surface area is 114 Å². The molecule has 1 unspecified atom stereocenters. The van der Waals surface area contributed by atoms with Crippen molar-refractivity contribution in [3.05, 3.63) is 29.3 Å². The highest BCUT2D eigenvalue weighted by Crippen LogP contribution is 2.38. The van der Waals surface area contributed by atoms with E-state index in [9.17, 15) is 31.1 Å². The van der Waals surface area contributed by atoms with Crippen molar-refractivity contribution >= 4 is 5.97 Å². The molecule has 10 heteroatoms. The lowest BCUT2D eigenvalue weighted by molar-refractivity contribution is -0.144. The molecule has 0 aliphatic carbocycles. The number of nitrogens with two attached hydrogens (primary N) is 1. The predicted molar refractivity (Wildman–Crippen MR) is 57.6 cm³/mol. The lowest BCUT2D eigenvalue weighted by Gasteiger charge is -2.15. The van der Waals surface area contributed by atoms with Gasteiger partial charge in [0.15, 0.2) is 0 Å². The molecule has 0 heterocycles. The number of carbonyl (C=O) groups is 1. The van der Waals surface area contributed by atoms with Crippen LogP contribution in [0.5, 0.6) is 5.75 Å². The second kappa shape index (κ2) is 5.80. The fourth-order valence-corrected chi connectivity index (χ4v) is 1.27. The molecule has 0 aromatic heterocycles. The predicted octanol–water partition coefficient (Wildman–Crippen LogP) is 2.51. The van der Waals surface area contributed by atoms with E-state index in [2.05, 4.69) is 4.74 Å². The number of hydrogen-bond donors (Lipinski definition) is 2. The quantitative estimate of drug-likeness (QED) is 0.837. The normalized spacial score (nSPS) is 13.9. The van der Waals surface area contributed by atoms with Crippen LogP contribution in [-0.4, -0.2) is 23.7 Å². The van der Waals surface area contributed by atoms with E-state index in [-0.39, 0.29) is 6.07 Å². The number of ether oxygens (including phenoxy) is 1. The van der Waals surface area contributed by atoms with Gasteiger partial charge in [0.2, 0.25) is 0 Å². The second-order valence-corrected chi connectivity index (χ2v) is 4.00. The summed E-state index contributed by atoms with van der Waals surface area (Å²) in [6.07, 6.45) is -10.0. The largest absolute Gasteiger partial charge is 0.491 e. The van der Waals surface area contributed by atoms with Gasteiger partial charge < -0.3 is 15.6 Å². The second-order valence-electron chi connectivity index (χ2n) is 4.00. The van der Waals surface area contributed by atoms with Gasteiger partial charge in [-0.15, -0.1) is 0 Å². The summed E-state index contributed by atoms with van der Waals surface area (Å²) in [5.41, 5.74) is 1.92. The van der Waals surface area contributed by atoms with Gasteiger partial charge in [0, 0.05) is 0 Å². The van der Waals surface area contributed by atoms with Gasteiger partial charge in [-0.3, -0.25) is 4.79 Å². The van der Waals surface area contributed by atoms with Crippen LogP contribution in [0.2, 0.25) is 0 Å². The van der Waals surface area contributed by atoms with E-state index in [1.807, 2.05) is 0 Å². The fraction of sp³-hybridized carbons (Fsp3) is 0.364. The van der Waals surface area contributed by atoms with Crippen LogP contribution in [0.1, 0.15) is 11.1 Å². The molecule has 0 bridgehead atoms. The smallest absolute Gasteiger partial charge is 0.416 e. The van der Waals surface area contributed by atoms with E-state index < -0.39 is 47.8 Å². The van der Waals surface area contributed by atoms with Crippen LogP contribution in [0.3, 0.4) is 0 Å². The molecule has 118 valence electrons. The van der Waals surface area contributed by atoms with Crippen molar-refractivity contribution in [3.8, 4) is 5.75 Å². The number of hydrogen-bond acceptors (Lipinski definition) is 3. The Morgan fingerprint density at radius 3 is 1.86 bits per heavy atom. The summed E-state index contributed by atoms with van der Waals surface area (Å²) >= 11 is 0. The summed E-state index contributed by atoms with van der Waals surface area (Å²) in [5.74, 6) is -2.27. The Morgan fingerprint density at radius 2 is 1.52 bits per heavy atom. The zero-order valence-electron chi connectivity index (χ0n) is 10.1. The van der Waals surface area contributed by atoms with E-state index in [0.29, 0.717) is 12.1 Å². The number of benzene rings is 1. The summed E-state index contributed by atoms with van der Waals surface area (Å²) in [6, 6.07) is -0.966. The lowest BCUT2D eigenvalue weighted by atomic mass is 10.1. The minimum Gasteiger partial charge on any atom is -0.491 e. The first-order valence-electron chi connectivity index (χ1n) is 5.32. The molecule has 0 aliphatic rings. The number of halogens is 6. The van der Waals surface area contributed by atoms with E-state index in [0.717, 1.165) is 0 Å². The molecule has 1 aromatic rings. The van der Waals surface area contributed by atoms with E-state index in [4.69, 9.17) is 10.8 Å². The molecule has 0 radical (unpaired) electrons. The number of aliphatic carboxylic acids is 1. The lowest BCUT2D eigenvalue weighted by Crippen LogP contribution is -2.36. The zero-order valence-corrected chi connectivity index (χ0v) is 10.1. The Hall–Kier alpha value is -1.97. The topological polar surface area (TPSA) is 72.5 Å². The van der Waals surface area contributed by atoms with Crippen LogP contribution in [0, 0.1) is 0 Å². The third kappa shape index (κ3) is 4.81. The van der Waals surface area contributed by atoms with Crippen LogP contribution in [0.4, 0.5) is 26.3 Å². The molecular weight excluding hydrogens is 308 g/mol. The molecule has 1 atom stereocenters. The Morgan fingerprint density at radius 1 is 1.10 bits per heavy atom. The standard InChI is InChI=1S/C11H9F6NO3/c12-10(13,14)5-1-6(11(15,16)17)3-7(2-5)21-4-8(18)9(19)20/h1-3,8H,4,18H2,(H,19,20). The minimum absolute atomic E-state index is 0.0655. The van der Waals surface area contributed by atoms with E-state index in [1.54, 1.807) is 0 Å². The third-order valence-electron chi connectivity index (χ3n) is 2.31. The Kier molecular flexibility index (Phi) is 4.72. The van der Waals surface area contributed by atoms with Crippen molar-refractivity contribution in [1.82, 2.24) is 0 Å². The molecule has 1 aromatic carbocycles. The first-order valence-corrected chi connectivity index (χ1v) is 5.32. The van der Waals surface area contributed by atoms with Gasteiger partial charge in [-0.25, -0.2) is 0 Å². The first kappa shape index (κ1) is 17.1. The summed E-state index contributed by atoms with van der Waals surface area (Å²) in [5, 5.41) is 8.46. The van der Waals surface area contributed by atoms with Gasteiger partial charge in [-0.2, -0.15) is 26.3 Å². The highest BCUT2D eigenvalue weighted by atomic mass is 19.4. The van der Waals surface area contributed by atoms with Gasteiger partial charge >= 0.3 is 18.3 Å². The summed E-state index contributed by atoms with van der Waals surface area (Å²) in [4.78, 5) is 10.4. The van der Waals surface area contributed by atoms with Gasteiger partial charge in [0.05, 0.1) is 11.1 Å². The molecule has 0 saturated carbocycles. The van der Waals surface area contributed by atoms with Gasteiger partial charge in [-0.1, -0.05) is 0 Å². The van der Waals surface area contributed by atoms with Gasteiger partial charge in [0.25, 0.3) is 0 Å². The summed E-state index contributed by atoms with van der Waals surface area (Å²) in [6.45, 7) is -0.770. The highest BCUT2D eigenvalue weighted by Gasteiger charge is 2.37. The molecule has 0 fully saturated rings. The van der Waals surface area contributed by atoms with Crippen molar-refractivity contribution in [2.24, 2.45) is 5.73 Å². The average Bonchev–Trinajstić information content (AvgIpc) is 2.33. The van der Waals surface area contributed by atoms with Crippen molar-refractivity contribution in [2.75, 3.05) is 6.61 Å². The van der Waals surface area contributed by atoms with Crippen LogP contribution >= 0.6 is 0 Å². The van der Waals surface area contributed by atoms with Crippen LogP contribution < -0.4 is 10.5 Å². The molecule has 1 rings (SSSR count). The molecule has 3 N–H and O–H groups in total. The van der Waals surface area contributed by atoms with Crippen molar-refractivity contribution in [2.45, 2.75) is 18.4 Å². The van der Waals surface area contributed by atoms with Crippen LogP contribution in [0.25, 0.3) is 0 Å². The molecule has 4 nitrogen and oxygen atoms in total. The molecule has 0 saturated heterocycles. The fourth-order valence-electron chi connectivity index (χ4n) is 1.27. The van der Waals surface area contributed by atoms with E-state index in [1.165, 1.54) is 0 Å². The molecule has 0 aliphatic heterocycles. The number of alkyl halides is 6. The molecule has 21 heavy (non-hydrogen) atoms. The average molecular weight is 317 g/mol. The van der Waals surface area contributed by atoms with Crippen LogP contribution in [0.15, 0.2) is 18.2 Å². The van der Waals surface area contributed by atoms with E-state index >= 15 is 0 Å². The van der Waals surface area contributed by atoms with Crippen molar-refractivity contribution in [1.29, 1.82) is 0 Å². The zero-order chi connectivity index (χ0) is 16.4. The molecular formula is C11H9F6NO3. The maximum absolute atomic E-state index is 12.5. The van der Waals surface area contributed by atoms with Gasteiger partial charge in [0.1, 0.15) is 18.4 Å². The highest BCUT2D eigenvalue weighted by molar-refractivity contribution is 5.73. The number of carboxylic acid groups (broad SMARTS) is 1. The first-order chi connectivity index (χ1) is 9.41. The van der Waals surface area contributed by atoms with Crippen molar-refractivity contribution in [3.63, 3.8) is 0 Å². The maximum Gasteiger partial charge on any atom is 0.416 e. The van der Waals surface area contributed by atoms with Gasteiger partial charge in [-0.05, 0) is 18.2 Å². The number of rotatable bonds is 4. The SMILES string of the molecule is NC(COc1cc(C(F)(F)F)cc(C(F)(F)F)c1)C(=O)O.